The molecule has 33 heavy (non-hydrogen) atoms. The fraction of sp³-hybridized carbons (Fsp3) is 0.0476. The van der Waals surface area contributed by atoms with Crippen LogP contribution in [0.4, 0.5) is 18.9 Å². The summed E-state index contributed by atoms with van der Waals surface area (Å²) in [6, 6.07) is 16.6. The first-order valence-corrected chi connectivity index (χ1v) is 11.4. The van der Waals surface area contributed by atoms with Crippen molar-refractivity contribution in [3.63, 3.8) is 0 Å². The van der Waals surface area contributed by atoms with Crippen molar-refractivity contribution in [3.05, 3.63) is 89.7 Å². The molecule has 0 aliphatic carbocycles. The van der Waals surface area contributed by atoms with E-state index in [4.69, 9.17) is 23.4 Å². The Morgan fingerprint density at radius 3 is 2.36 bits per heavy atom. The number of alkyl halides is 3. The van der Waals surface area contributed by atoms with Crippen LogP contribution >= 0.6 is 23.4 Å². The van der Waals surface area contributed by atoms with Gasteiger partial charge >= 0.3 is 6.18 Å². The molecule has 6 nitrogen and oxygen atoms in total. The van der Waals surface area contributed by atoms with Gasteiger partial charge in [-0.1, -0.05) is 35.9 Å². The molecule has 0 radical (unpaired) electrons. The first-order valence-electron chi connectivity index (χ1n) is 9.23. The van der Waals surface area contributed by atoms with Crippen molar-refractivity contribution < 1.29 is 21.6 Å². The Morgan fingerprint density at radius 1 is 0.939 bits per heavy atom. The van der Waals surface area contributed by atoms with Gasteiger partial charge in [-0.15, -0.1) is 10.2 Å². The van der Waals surface area contributed by atoms with Crippen LogP contribution in [0.15, 0.2) is 84.0 Å². The molecular weight excluding hydrogens is 500 g/mol. The van der Waals surface area contributed by atoms with Gasteiger partial charge in [-0.2, -0.15) is 25.4 Å². The number of hydrogen-bond acceptors (Lipinski definition) is 4. The van der Waals surface area contributed by atoms with Gasteiger partial charge in [0.2, 0.25) is 0 Å². The highest BCUT2D eigenvalue weighted by molar-refractivity contribution is 7.94. The van der Waals surface area contributed by atoms with E-state index in [2.05, 4.69) is 10.2 Å². The van der Waals surface area contributed by atoms with Gasteiger partial charge in [-0.05, 0) is 48.5 Å². The minimum absolute atomic E-state index is 0.105. The first-order chi connectivity index (χ1) is 15.6. The van der Waals surface area contributed by atoms with Crippen molar-refractivity contribution in [2.75, 3.05) is 3.82 Å². The zero-order chi connectivity index (χ0) is 23.8. The molecule has 0 bridgehead atoms. The fourth-order valence-corrected chi connectivity index (χ4v) is 4.76. The molecule has 0 amide bonds. The second-order valence-corrected chi connectivity index (χ2v) is 9.53. The molecule has 0 atom stereocenters. The highest BCUT2D eigenvalue weighted by atomic mass is 35.5. The number of aromatic nitrogens is 3. The van der Waals surface area contributed by atoms with E-state index in [9.17, 15) is 21.6 Å². The normalized spacial score (nSPS) is 12.0. The molecule has 170 valence electrons. The molecule has 0 aliphatic heterocycles. The Labute approximate surface area is 197 Å². The quantitative estimate of drug-likeness (QED) is 0.309. The molecule has 0 fully saturated rings. The van der Waals surface area contributed by atoms with Gasteiger partial charge in [0.25, 0.3) is 10.0 Å². The topological polar surface area (TPSA) is 68.1 Å². The van der Waals surface area contributed by atoms with Crippen LogP contribution in [0.25, 0.3) is 17.1 Å². The average molecular weight is 513 g/mol. The summed E-state index contributed by atoms with van der Waals surface area (Å²) in [5.41, 5.74) is -0.290. The van der Waals surface area contributed by atoms with Crippen molar-refractivity contribution in [2.45, 2.75) is 11.1 Å². The highest BCUT2D eigenvalue weighted by Gasteiger charge is 2.34. The Morgan fingerprint density at radius 2 is 1.67 bits per heavy atom. The number of rotatable bonds is 5. The van der Waals surface area contributed by atoms with Gasteiger partial charge in [0, 0.05) is 28.1 Å². The number of anilines is 1. The van der Waals surface area contributed by atoms with Crippen LogP contribution in [-0.4, -0.2) is 23.2 Å². The predicted octanol–water partition coefficient (Wildman–Crippen LogP) is 5.96. The molecule has 0 spiro atoms. The number of nitrogens with zero attached hydrogens (tertiary/aromatic N) is 4. The number of sulfonamides is 1. The van der Waals surface area contributed by atoms with Crippen LogP contribution in [-0.2, 0) is 16.2 Å². The smallest absolute Gasteiger partial charge is 0.282 e. The van der Waals surface area contributed by atoms with E-state index in [0.717, 1.165) is 18.2 Å². The van der Waals surface area contributed by atoms with Crippen LogP contribution in [0.3, 0.4) is 0 Å². The maximum Gasteiger partial charge on any atom is 0.416 e. The second kappa shape index (κ2) is 8.69. The van der Waals surface area contributed by atoms with E-state index < -0.39 is 26.7 Å². The Bertz CT molecular complexity index is 1410. The van der Waals surface area contributed by atoms with E-state index in [1.807, 2.05) is 6.07 Å². The largest absolute Gasteiger partial charge is 0.416 e. The zero-order valence-electron chi connectivity index (χ0n) is 16.4. The van der Waals surface area contributed by atoms with Gasteiger partial charge < -0.3 is 0 Å². The maximum absolute atomic E-state index is 13.1. The first kappa shape index (κ1) is 23.1. The lowest BCUT2D eigenvalue weighted by atomic mass is 10.1. The zero-order valence-corrected chi connectivity index (χ0v) is 18.7. The summed E-state index contributed by atoms with van der Waals surface area (Å²) in [6.07, 6.45) is -3.29. The van der Waals surface area contributed by atoms with Crippen molar-refractivity contribution in [1.82, 2.24) is 14.8 Å². The summed E-state index contributed by atoms with van der Waals surface area (Å²) in [6.45, 7) is 0. The number of para-hydroxylation sites is 1. The predicted molar refractivity (Wildman–Crippen MR) is 119 cm³/mol. The van der Waals surface area contributed by atoms with Crippen LogP contribution < -0.4 is 3.82 Å². The Hall–Kier alpha value is -3.08. The van der Waals surface area contributed by atoms with Crippen molar-refractivity contribution in [1.29, 1.82) is 0 Å². The van der Waals surface area contributed by atoms with Gasteiger partial charge in [-0.3, -0.25) is 4.57 Å². The van der Waals surface area contributed by atoms with Gasteiger partial charge in [0.15, 0.2) is 5.82 Å². The molecule has 1 aromatic heterocycles. The van der Waals surface area contributed by atoms with E-state index in [1.165, 1.54) is 24.5 Å². The van der Waals surface area contributed by atoms with Gasteiger partial charge in [0.05, 0.1) is 16.1 Å². The van der Waals surface area contributed by atoms with E-state index in [1.54, 1.807) is 28.8 Å². The lowest BCUT2D eigenvalue weighted by Crippen LogP contribution is -2.22. The molecular formula is C21H13Cl2F3N4O2S. The third-order valence-electron chi connectivity index (χ3n) is 4.64. The lowest BCUT2D eigenvalue weighted by molar-refractivity contribution is -0.137. The summed E-state index contributed by atoms with van der Waals surface area (Å²) >= 11 is 12.3. The van der Waals surface area contributed by atoms with E-state index in [-0.39, 0.29) is 22.1 Å². The number of benzene rings is 3. The third kappa shape index (κ3) is 4.54. The molecule has 0 saturated carbocycles. The second-order valence-electron chi connectivity index (χ2n) is 6.77. The SMILES string of the molecule is O=S(=O)(c1cccc(C(F)(F)F)c1)N(Cl)c1cc(Cl)ccc1-c1nncn1-c1ccccc1. The summed E-state index contributed by atoms with van der Waals surface area (Å²) in [4.78, 5) is -0.636. The van der Waals surface area contributed by atoms with Crippen LogP contribution in [0.5, 0.6) is 0 Å². The minimum Gasteiger partial charge on any atom is -0.282 e. The molecule has 0 saturated heterocycles. The summed E-state index contributed by atoms with van der Waals surface area (Å²) < 4.78 is 67.6. The minimum atomic E-state index is -4.73. The molecule has 12 heteroatoms. The molecule has 4 aromatic rings. The lowest BCUT2D eigenvalue weighted by Gasteiger charge is -2.20. The molecule has 4 rings (SSSR count). The summed E-state index contributed by atoms with van der Waals surface area (Å²) in [7, 11) is -4.60. The maximum atomic E-state index is 13.1. The molecule has 0 aliphatic rings. The van der Waals surface area contributed by atoms with Crippen molar-refractivity contribution in [2.24, 2.45) is 0 Å². The average Bonchev–Trinajstić information content (AvgIpc) is 3.28. The van der Waals surface area contributed by atoms with Gasteiger partial charge in [-0.25, -0.2) is 0 Å². The molecule has 1 heterocycles. The molecule has 0 N–H and O–H groups in total. The molecule has 3 aromatic carbocycles. The number of halogens is 5. The Kier molecular flexibility index (Phi) is 6.08. The summed E-state index contributed by atoms with van der Waals surface area (Å²) in [5, 5.41) is 8.14. The van der Waals surface area contributed by atoms with Gasteiger partial charge in [0.1, 0.15) is 6.33 Å². The number of hydrogen-bond donors (Lipinski definition) is 0. The summed E-state index contributed by atoms with van der Waals surface area (Å²) in [5.74, 6) is 0.248. The monoisotopic (exact) mass is 512 g/mol. The molecule has 0 unspecified atom stereocenters. The van der Waals surface area contributed by atoms with Crippen LogP contribution in [0.1, 0.15) is 5.56 Å². The van der Waals surface area contributed by atoms with Crippen molar-refractivity contribution >= 4 is 39.1 Å². The standard InChI is InChI=1S/C21H13Cl2F3N4O2S/c22-15-9-10-18(20-28-27-13-29(20)16-6-2-1-3-7-16)19(12-15)30(23)33(31,32)17-8-4-5-14(11-17)21(24,25)26/h1-13H. The third-order valence-corrected chi connectivity index (χ3v) is 7.07. The fourth-order valence-electron chi connectivity index (χ4n) is 3.09. The van der Waals surface area contributed by atoms with E-state index >= 15 is 0 Å². The van der Waals surface area contributed by atoms with Crippen LogP contribution in [0.2, 0.25) is 5.02 Å². The van der Waals surface area contributed by atoms with Crippen molar-refractivity contribution in [3.8, 4) is 17.1 Å². The van der Waals surface area contributed by atoms with E-state index in [0.29, 0.717) is 15.6 Å². The highest BCUT2D eigenvalue weighted by Crippen LogP contribution is 2.38. The Balaban J connectivity index is 1.84. The van der Waals surface area contributed by atoms with Crippen LogP contribution in [0, 0.1) is 0 Å².